The third-order valence-electron chi connectivity index (χ3n) is 5.05. The average molecular weight is 348 g/mol. The largest absolute Gasteiger partial charge is 0.491 e. The van der Waals surface area contributed by atoms with Crippen LogP contribution in [0.5, 0.6) is 5.75 Å². The van der Waals surface area contributed by atoms with Crippen LogP contribution in [0.2, 0.25) is 0 Å². The van der Waals surface area contributed by atoms with E-state index in [4.69, 9.17) is 10.5 Å². The third kappa shape index (κ3) is 4.30. The third-order valence-corrected chi connectivity index (χ3v) is 5.05. The molecule has 3 N–H and O–H groups in total. The van der Waals surface area contributed by atoms with Gasteiger partial charge in [-0.05, 0) is 62.1 Å². The quantitative estimate of drug-likeness (QED) is 0.720. The zero-order chi connectivity index (χ0) is 18.0. The van der Waals surface area contributed by atoms with Gasteiger partial charge in [-0.2, -0.15) is 0 Å². The van der Waals surface area contributed by atoms with Crippen molar-refractivity contribution in [2.75, 3.05) is 13.3 Å². The van der Waals surface area contributed by atoms with Crippen molar-refractivity contribution in [3.05, 3.63) is 29.3 Å². The van der Waals surface area contributed by atoms with Gasteiger partial charge in [0.1, 0.15) is 19.0 Å². The van der Waals surface area contributed by atoms with E-state index < -0.39 is 18.1 Å². The van der Waals surface area contributed by atoms with Gasteiger partial charge in [0, 0.05) is 17.5 Å². The van der Waals surface area contributed by atoms with Gasteiger partial charge in [-0.25, -0.2) is 4.39 Å². The molecule has 0 spiro atoms. The minimum atomic E-state index is -0.627. The van der Waals surface area contributed by atoms with Crippen molar-refractivity contribution in [2.24, 2.45) is 11.7 Å². The highest BCUT2D eigenvalue weighted by molar-refractivity contribution is 5.95. The van der Waals surface area contributed by atoms with Gasteiger partial charge in [0.25, 0.3) is 5.91 Å². The summed E-state index contributed by atoms with van der Waals surface area (Å²) in [6.45, 7) is 1.28. The number of nitrogens with one attached hydrogen (secondary N) is 1. The monoisotopic (exact) mass is 348 g/mol. The van der Waals surface area contributed by atoms with Gasteiger partial charge < -0.3 is 15.8 Å². The number of benzene rings is 1. The van der Waals surface area contributed by atoms with Crippen molar-refractivity contribution < 1.29 is 18.7 Å². The van der Waals surface area contributed by atoms with Crippen molar-refractivity contribution in [1.82, 2.24) is 5.32 Å². The number of alkyl halides is 1. The summed E-state index contributed by atoms with van der Waals surface area (Å²) in [5.41, 5.74) is 6.21. The molecule has 0 radical (unpaired) electrons. The molecule has 2 aliphatic carbocycles. The highest BCUT2D eigenvalue weighted by atomic mass is 19.1. The van der Waals surface area contributed by atoms with Crippen molar-refractivity contribution in [2.45, 2.75) is 50.5 Å². The molecule has 0 unspecified atom stereocenters. The highest BCUT2D eigenvalue weighted by Gasteiger charge is 2.43. The molecule has 2 saturated carbocycles. The molecule has 136 valence electrons. The number of hydrogen-bond donors (Lipinski definition) is 2. The van der Waals surface area contributed by atoms with Gasteiger partial charge in [0.15, 0.2) is 0 Å². The Labute approximate surface area is 147 Å². The lowest BCUT2D eigenvalue weighted by Gasteiger charge is -2.30. The second-order valence-corrected chi connectivity index (χ2v) is 7.35. The van der Waals surface area contributed by atoms with E-state index in [2.05, 4.69) is 5.32 Å². The fourth-order valence-electron chi connectivity index (χ4n) is 3.39. The normalized spacial score (nSPS) is 19.1. The fraction of sp³-hybridized carbons (Fsp3) is 0.579. The lowest BCUT2D eigenvalue weighted by Crippen LogP contribution is -2.50. The van der Waals surface area contributed by atoms with Gasteiger partial charge in [0.05, 0.1) is 0 Å². The number of carbonyl (C=O) groups excluding carboxylic acids is 2. The molecular weight excluding hydrogens is 323 g/mol. The number of ether oxygens (including phenoxy) is 1. The van der Waals surface area contributed by atoms with Crippen LogP contribution in [0.1, 0.15) is 60.9 Å². The summed E-state index contributed by atoms with van der Waals surface area (Å²) < 4.78 is 18.0. The first-order valence-electron chi connectivity index (χ1n) is 8.86. The summed E-state index contributed by atoms with van der Waals surface area (Å²) in [5.74, 6) is 0.611. The number of halogens is 1. The number of primary amides is 1. The minimum absolute atomic E-state index is 0.0216. The molecule has 0 aromatic heterocycles. The maximum absolute atomic E-state index is 12.7. The van der Waals surface area contributed by atoms with Crippen LogP contribution in [-0.2, 0) is 4.79 Å². The van der Waals surface area contributed by atoms with E-state index in [1.54, 1.807) is 12.1 Å². The number of carbonyl (C=O) groups is 2. The molecule has 6 heteroatoms. The molecule has 2 fully saturated rings. The molecule has 5 nitrogen and oxygen atoms in total. The van der Waals surface area contributed by atoms with Gasteiger partial charge in [-0.3, -0.25) is 9.59 Å². The van der Waals surface area contributed by atoms with Gasteiger partial charge >= 0.3 is 0 Å². The maximum Gasteiger partial charge on any atom is 0.251 e. The van der Waals surface area contributed by atoms with E-state index in [9.17, 15) is 14.0 Å². The molecule has 2 aliphatic rings. The average Bonchev–Trinajstić information content (AvgIpc) is 3.43. The second kappa shape index (κ2) is 7.02. The van der Waals surface area contributed by atoms with Crippen LogP contribution < -0.4 is 15.8 Å². The van der Waals surface area contributed by atoms with Crippen LogP contribution in [0, 0.1) is 5.92 Å². The smallest absolute Gasteiger partial charge is 0.251 e. The van der Waals surface area contributed by atoms with E-state index in [-0.39, 0.29) is 24.9 Å². The zero-order valence-electron chi connectivity index (χ0n) is 14.5. The Kier molecular flexibility index (Phi) is 4.97. The molecule has 0 bridgehead atoms. The lowest BCUT2D eigenvalue weighted by atomic mass is 9.90. The molecule has 1 aromatic rings. The summed E-state index contributed by atoms with van der Waals surface area (Å²) in [6, 6.07) is 5.34. The molecule has 2 amide bonds. The Balaban J connectivity index is 1.77. The first-order valence-corrected chi connectivity index (χ1v) is 8.86. The van der Waals surface area contributed by atoms with Gasteiger partial charge in [0.2, 0.25) is 5.91 Å². The lowest BCUT2D eigenvalue weighted by molar-refractivity contribution is -0.119. The highest BCUT2D eigenvalue weighted by Crippen LogP contribution is 2.45. The van der Waals surface area contributed by atoms with Crippen molar-refractivity contribution in [3.63, 3.8) is 0 Å². The Morgan fingerprint density at radius 2 is 2.04 bits per heavy atom. The molecule has 0 saturated heterocycles. The van der Waals surface area contributed by atoms with Gasteiger partial charge in [-0.1, -0.05) is 6.07 Å². The first-order chi connectivity index (χ1) is 11.9. The Morgan fingerprint density at radius 1 is 1.32 bits per heavy atom. The number of hydrogen-bond acceptors (Lipinski definition) is 3. The van der Waals surface area contributed by atoms with E-state index in [0.29, 0.717) is 17.2 Å². The molecule has 0 heterocycles. The van der Waals surface area contributed by atoms with Crippen LogP contribution in [-0.4, -0.2) is 30.6 Å². The van der Waals surface area contributed by atoms with Crippen LogP contribution in [0.25, 0.3) is 0 Å². The molecule has 1 aromatic carbocycles. The number of amides is 2. The molecule has 1 atom stereocenters. The van der Waals surface area contributed by atoms with Crippen molar-refractivity contribution >= 4 is 11.8 Å². The second-order valence-electron chi connectivity index (χ2n) is 7.35. The first kappa shape index (κ1) is 17.7. The summed E-state index contributed by atoms with van der Waals surface area (Å²) >= 11 is 0. The van der Waals surface area contributed by atoms with Crippen molar-refractivity contribution in [1.29, 1.82) is 0 Å². The van der Waals surface area contributed by atoms with Crippen LogP contribution in [0.4, 0.5) is 4.39 Å². The standard InChI is InChI=1S/C19H25FN2O3/c1-19(11-17(21)23,14-5-6-14)22-18(24)13-4-7-15(12-2-3-12)16(10-13)25-9-8-20/h4,7,10,12,14H,2-3,5-6,8-9,11H2,1H3,(H2,21,23)(H,22,24)/t19-/m1/s1. The summed E-state index contributed by atoms with van der Waals surface area (Å²) in [6.07, 6.45) is 4.27. The summed E-state index contributed by atoms with van der Waals surface area (Å²) in [5, 5.41) is 2.98. The van der Waals surface area contributed by atoms with E-state index in [1.165, 1.54) is 0 Å². The minimum Gasteiger partial charge on any atom is -0.491 e. The fourth-order valence-corrected chi connectivity index (χ4v) is 3.39. The predicted molar refractivity (Wildman–Crippen MR) is 92.3 cm³/mol. The molecular formula is C19H25FN2O3. The molecule has 25 heavy (non-hydrogen) atoms. The number of rotatable bonds is 9. The van der Waals surface area contributed by atoms with Gasteiger partial charge in [-0.15, -0.1) is 0 Å². The molecule has 3 rings (SSSR count). The SMILES string of the molecule is C[C@](CC(N)=O)(NC(=O)c1ccc(C2CC2)c(OCCF)c1)C1CC1. The van der Waals surface area contributed by atoms with E-state index in [1.807, 2.05) is 13.0 Å². The molecule has 0 aliphatic heterocycles. The van der Waals surface area contributed by atoms with Crippen LogP contribution >= 0.6 is 0 Å². The Morgan fingerprint density at radius 3 is 2.60 bits per heavy atom. The summed E-state index contributed by atoms with van der Waals surface area (Å²) in [7, 11) is 0. The van der Waals surface area contributed by atoms with Crippen LogP contribution in [0.15, 0.2) is 18.2 Å². The van der Waals surface area contributed by atoms with Crippen molar-refractivity contribution in [3.8, 4) is 5.75 Å². The Bertz CT molecular complexity index is 671. The Hall–Kier alpha value is -2.11. The summed E-state index contributed by atoms with van der Waals surface area (Å²) in [4.78, 5) is 24.1. The zero-order valence-corrected chi connectivity index (χ0v) is 14.5. The van der Waals surface area contributed by atoms with E-state index in [0.717, 1.165) is 31.2 Å². The number of nitrogens with two attached hydrogens (primary N) is 1. The van der Waals surface area contributed by atoms with Crippen LogP contribution in [0.3, 0.4) is 0 Å². The topological polar surface area (TPSA) is 81.4 Å². The maximum atomic E-state index is 12.7. The predicted octanol–water partition coefficient (Wildman–Crippen LogP) is 2.69. The van der Waals surface area contributed by atoms with E-state index >= 15 is 0 Å².